The first-order valence-electron chi connectivity index (χ1n) is 7.35. The molecule has 0 radical (unpaired) electrons. The Kier molecular flexibility index (Phi) is 5.08. The lowest BCUT2D eigenvalue weighted by molar-refractivity contribution is -0.137. The summed E-state index contributed by atoms with van der Waals surface area (Å²) in [4.78, 5) is 0. The Morgan fingerprint density at radius 3 is 2.55 bits per heavy atom. The maximum absolute atomic E-state index is 12.7. The fraction of sp³-hybridized carbons (Fsp3) is 0.625. The number of alkyl halides is 3. The molecule has 1 nitrogen and oxygen atoms in total. The van der Waals surface area contributed by atoms with E-state index in [1.807, 2.05) is 7.05 Å². The van der Waals surface area contributed by atoms with Gasteiger partial charge in [0, 0.05) is 6.04 Å². The third-order valence-electron chi connectivity index (χ3n) is 4.30. The number of benzene rings is 1. The molecule has 1 unspecified atom stereocenters. The van der Waals surface area contributed by atoms with Gasteiger partial charge in [0.05, 0.1) is 5.56 Å². The van der Waals surface area contributed by atoms with E-state index in [0.29, 0.717) is 0 Å². The lowest BCUT2D eigenvalue weighted by Gasteiger charge is -2.20. The van der Waals surface area contributed by atoms with Crippen molar-refractivity contribution in [3.63, 3.8) is 0 Å². The molecule has 1 aliphatic carbocycles. The van der Waals surface area contributed by atoms with Crippen LogP contribution in [0.25, 0.3) is 0 Å². The van der Waals surface area contributed by atoms with Crippen molar-refractivity contribution in [3.05, 3.63) is 35.4 Å². The van der Waals surface area contributed by atoms with Crippen molar-refractivity contribution in [2.24, 2.45) is 5.92 Å². The standard InChI is InChI=1S/C16H22F3N/c1-20-15(10-9-12-5-2-3-6-12)13-7-4-8-14(11-13)16(17,18)19/h4,7-8,11-12,15,20H,2-3,5-6,9-10H2,1H3. The number of rotatable bonds is 5. The molecule has 2 rings (SSSR count). The summed E-state index contributed by atoms with van der Waals surface area (Å²) in [6.07, 6.45) is 2.90. The third kappa shape index (κ3) is 3.98. The topological polar surface area (TPSA) is 12.0 Å². The minimum absolute atomic E-state index is 0.0119. The molecule has 1 aromatic rings. The van der Waals surface area contributed by atoms with Crippen LogP contribution in [0.4, 0.5) is 13.2 Å². The molecule has 0 aliphatic heterocycles. The summed E-state index contributed by atoms with van der Waals surface area (Å²) in [5.41, 5.74) is 0.177. The van der Waals surface area contributed by atoms with Crippen LogP contribution in [0.5, 0.6) is 0 Å². The lowest BCUT2D eigenvalue weighted by Crippen LogP contribution is -2.18. The van der Waals surface area contributed by atoms with Gasteiger partial charge in [0.25, 0.3) is 0 Å². The predicted octanol–water partition coefficient (Wildman–Crippen LogP) is 4.94. The Labute approximate surface area is 118 Å². The summed E-state index contributed by atoms with van der Waals surface area (Å²) in [6.45, 7) is 0. The van der Waals surface area contributed by atoms with E-state index >= 15 is 0 Å². The molecule has 1 aromatic carbocycles. The zero-order valence-electron chi connectivity index (χ0n) is 11.8. The van der Waals surface area contributed by atoms with Gasteiger partial charge in [-0.1, -0.05) is 37.8 Å². The Hall–Kier alpha value is -1.03. The van der Waals surface area contributed by atoms with Crippen molar-refractivity contribution >= 4 is 0 Å². The van der Waals surface area contributed by atoms with Crippen LogP contribution >= 0.6 is 0 Å². The predicted molar refractivity (Wildman–Crippen MR) is 74.4 cm³/mol. The Morgan fingerprint density at radius 2 is 1.95 bits per heavy atom. The monoisotopic (exact) mass is 285 g/mol. The first-order chi connectivity index (χ1) is 9.50. The molecule has 1 fully saturated rings. The number of halogens is 3. The highest BCUT2D eigenvalue weighted by molar-refractivity contribution is 5.28. The number of hydrogen-bond donors (Lipinski definition) is 1. The molecule has 0 heterocycles. The summed E-state index contributed by atoms with van der Waals surface area (Å²) in [7, 11) is 1.82. The maximum atomic E-state index is 12.7. The van der Waals surface area contributed by atoms with Crippen molar-refractivity contribution in [1.29, 1.82) is 0 Å². The molecule has 0 aromatic heterocycles. The van der Waals surface area contributed by atoms with E-state index in [2.05, 4.69) is 5.32 Å². The zero-order valence-corrected chi connectivity index (χ0v) is 11.8. The molecule has 112 valence electrons. The van der Waals surface area contributed by atoms with Crippen LogP contribution in [0.2, 0.25) is 0 Å². The summed E-state index contributed by atoms with van der Waals surface area (Å²) >= 11 is 0. The van der Waals surface area contributed by atoms with E-state index in [0.717, 1.165) is 30.4 Å². The minimum atomic E-state index is -4.26. The molecule has 1 saturated carbocycles. The molecule has 0 saturated heterocycles. The highest BCUT2D eigenvalue weighted by atomic mass is 19.4. The molecule has 1 atom stereocenters. The van der Waals surface area contributed by atoms with Crippen LogP contribution in [0.3, 0.4) is 0 Å². The molecular formula is C16H22F3N. The molecule has 0 spiro atoms. The third-order valence-corrected chi connectivity index (χ3v) is 4.30. The van der Waals surface area contributed by atoms with Crippen LogP contribution in [0, 0.1) is 5.92 Å². The van der Waals surface area contributed by atoms with Gasteiger partial charge in [-0.25, -0.2) is 0 Å². The second kappa shape index (κ2) is 6.61. The van der Waals surface area contributed by atoms with E-state index in [1.165, 1.54) is 37.8 Å². The normalized spacial score (nSPS) is 18.4. The Balaban J connectivity index is 2.02. The summed E-state index contributed by atoms with van der Waals surface area (Å²) in [6, 6.07) is 5.70. The van der Waals surface area contributed by atoms with Gasteiger partial charge in [-0.3, -0.25) is 0 Å². The van der Waals surface area contributed by atoms with Crippen LogP contribution in [-0.2, 0) is 6.18 Å². The SMILES string of the molecule is CNC(CCC1CCCC1)c1cccc(C(F)(F)F)c1. The minimum Gasteiger partial charge on any atom is -0.313 e. The largest absolute Gasteiger partial charge is 0.416 e. The second-order valence-electron chi connectivity index (χ2n) is 5.69. The van der Waals surface area contributed by atoms with E-state index in [1.54, 1.807) is 6.07 Å². The van der Waals surface area contributed by atoms with E-state index < -0.39 is 11.7 Å². The van der Waals surface area contributed by atoms with Crippen molar-refractivity contribution in [2.75, 3.05) is 7.05 Å². The van der Waals surface area contributed by atoms with Crippen molar-refractivity contribution < 1.29 is 13.2 Å². The van der Waals surface area contributed by atoms with Crippen molar-refractivity contribution in [1.82, 2.24) is 5.32 Å². The van der Waals surface area contributed by atoms with Gasteiger partial charge in [0.2, 0.25) is 0 Å². The molecule has 1 N–H and O–H groups in total. The fourth-order valence-electron chi connectivity index (χ4n) is 3.11. The maximum Gasteiger partial charge on any atom is 0.416 e. The number of nitrogens with one attached hydrogen (secondary N) is 1. The van der Waals surface area contributed by atoms with E-state index in [9.17, 15) is 13.2 Å². The molecule has 0 amide bonds. The molecule has 20 heavy (non-hydrogen) atoms. The molecule has 0 bridgehead atoms. The highest BCUT2D eigenvalue weighted by Crippen LogP contribution is 2.34. The highest BCUT2D eigenvalue weighted by Gasteiger charge is 2.31. The van der Waals surface area contributed by atoms with Crippen LogP contribution in [0.1, 0.15) is 55.7 Å². The molecule has 1 aliphatic rings. The Bertz CT molecular complexity index is 422. The first-order valence-corrected chi connectivity index (χ1v) is 7.35. The van der Waals surface area contributed by atoms with E-state index in [4.69, 9.17) is 0 Å². The van der Waals surface area contributed by atoms with Gasteiger partial charge < -0.3 is 5.32 Å². The Morgan fingerprint density at radius 1 is 1.25 bits per heavy atom. The average molecular weight is 285 g/mol. The summed E-state index contributed by atoms with van der Waals surface area (Å²) in [5, 5.41) is 3.15. The van der Waals surface area contributed by atoms with Gasteiger partial charge in [-0.2, -0.15) is 13.2 Å². The van der Waals surface area contributed by atoms with Crippen molar-refractivity contribution in [3.8, 4) is 0 Å². The van der Waals surface area contributed by atoms with Gasteiger partial charge in [-0.05, 0) is 43.5 Å². The number of hydrogen-bond acceptors (Lipinski definition) is 1. The first kappa shape index (κ1) is 15.4. The van der Waals surface area contributed by atoms with Crippen LogP contribution < -0.4 is 5.32 Å². The summed E-state index contributed by atoms with van der Waals surface area (Å²) < 4.78 is 38.2. The summed E-state index contributed by atoms with van der Waals surface area (Å²) in [5.74, 6) is 0.761. The molecular weight excluding hydrogens is 263 g/mol. The zero-order chi connectivity index (χ0) is 14.6. The van der Waals surface area contributed by atoms with Gasteiger partial charge in [0.15, 0.2) is 0 Å². The van der Waals surface area contributed by atoms with Crippen molar-refractivity contribution in [2.45, 2.75) is 50.7 Å². The molecule has 4 heteroatoms. The smallest absolute Gasteiger partial charge is 0.313 e. The van der Waals surface area contributed by atoms with Crippen LogP contribution in [0.15, 0.2) is 24.3 Å². The van der Waals surface area contributed by atoms with Gasteiger partial charge in [0.1, 0.15) is 0 Å². The van der Waals surface area contributed by atoms with Gasteiger partial charge in [-0.15, -0.1) is 0 Å². The quantitative estimate of drug-likeness (QED) is 0.808. The van der Waals surface area contributed by atoms with Gasteiger partial charge >= 0.3 is 6.18 Å². The fourth-order valence-corrected chi connectivity index (χ4v) is 3.11. The lowest BCUT2D eigenvalue weighted by atomic mass is 9.94. The van der Waals surface area contributed by atoms with E-state index in [-0.39, 0.29) is 6.04 Å². The second-order valence-corrected chi connectivity index (χ2v) is 5.69. The van der Waals surface area contributed by atoms with Crippen LogP contribution in [-0.4, -0.2) is 7.05 Å². The average Bonchev–Trinajstić information content (AvgIpc) is 2.92.